The Bertz CT molecular complexity index is 1370. The van der Waals surface area contributed by atoms with E-state index < -0.39 is 38.7 Å². The zero-order valence-corrected chi connectivity index (χ0v) is 22.3. The van der Waals surface area contributed by atoms with Crippen LogP contribution in [-0.2, 0) is 30.4 Å². The number of thioether (sulfide) groups is 1. The predicted molar refractivity (Wildman–Crippen MR) is 139 cm³/mol. The van der Waals surface area contributed by atoms with E-state index in [0.717, 1.165) is 10.5 Å². The van der Waals surface area contributed by atoms with Crippen molar-refractivity contribution in [2.75, 3.05) is 25.4 Å². The lowest BCUT2D eigenvalue weighted by Crippen LogP contribution is -2.42. The van der Waals surface area contributed by atoms with Crippen LogP contribution in [0.5, 0.6) is 0 Å². The van der Waals surface area contributed by atoms with Gasteiger partial charge in [0.15, 0.2) is 5.69 Å². The molecule has 2 unspecified atom stereocenters. The minimum absolute atomic E-state index is 0.0287. The van der Waals surface area contributed by atoms with Crippen molar-refractivity contribution in [2.24, 2.45) is 5.14 Å². The van der Waals surface area contributed by atoms with Gasteiger partial charge in [0.25, 0.3) is 5.91 Å². The number of ether oxygens (including phenoxy) is 1. The van der Waals surface area contributed by atoms with E-state index in [2.05, 4.69) is 10.4 Å². The second-order valence-electron chi connectivity index (χ2n) is 7.71. The van der Waals surface area contributed by atoms with Gasteiger partial charge in [-0.3, -0.25) is 9.00 Å². The molecule has 3 aromatic rings. The molecule has 2 atom stereocenters. The highest BCUT2D eigenvalue weighted by Crippen LogP contribution is 2.27. The van der Waals surface area contributed by atoms with Crippen molar-refractivity contribution in [1.82, 2.24) is 15.1 Å². The molecule has 3 N–H and O–H groups in total. The number of sulfonamides is 1. The van der Waals surface area contributed by atoms with Crippen LogP contribution in [0.3, 0.4) is 0 Å². The standard InChI is InChI=1S/C23H26N4O6S3/c1-33-23(29)19(12-13-35(3)30)25-22(28)20-14-21(15-4-8-17(34-2)9-5-15)27(26-20)16-6-10-18(11-7-16)36(24,31)32/h4-11,14,19H,12-13H2,1-3H3,(H,25,28)(H2,24,31,32). The monoisotopic (exact) mass is 550 g/mol. The van der Waals surface area contributed by atoms with Crippen LogP contribution in [0.15, 0.2) is 64.4 Å². The van der Waals surface area contributed by atoms with Gasteiger partial charge in [-0.15, -0.1) is 11.8 Å². The van der Waals surface area contributed by atoms with E-state index in [-0.39, 0.29) is 22.8 Å². The van der Waals surface area contributed by atoms with Crippen molar-refractivity contribution in [3.63, 3.8) is 0 Å². The summed E-state index contributed by atoms with van der Waals surface area (Å²) in [6.07, 6.45) is 3.61. The van der Waals surface area contributed by atoms with E-state index in [9.17, 15) is 22.2 Å². The average molecular weight is 551 g/mol. The first kappa shape index (κ1) is 27.6. The lowest BCUT2D eigenvalue weighted by atomic mass is 10.1. The summed E-state index contributed by atoms with van der Waals surface area (Å²) in [5.41, 5.74) is 1.86. The number of benzene rings is 2. The molecule has 3 rings (SSSR count). The van der Waals surface area contributed by atoms with Gasteiger partial charge in [0, 0.05) is 33.3 Å². The molecule has 10 nitrogen and oxygen atoms in total. The summed E-state index contributed by atoms with van der Waals surface area (Å²) in [6.45, 7) is 0. The van der Waals surface area contributed by atoms with Gasteiger partial charge >= 0.3 is 5.97 Å². The number of carbonyl (C=O) groups is 2. The molecule has 0 saturated heterocycles. The fourth-order valence-electron chi connectivity index (χ4n) is 3.34. The number of methoxy groups -OCH3 is 1. The highest BCUT2D eigenvalue weighted by molar-refractivity contribution is 7.98. The summed E-state index contributed by atoms with van der Waals surface area (Å²) in [5.74, 6) is -1.06. The van der Waals surface area contributed by atoms with Crippen LogP contribution in [0.1, 0.15) is 16.9 Å². The van der Waals surface area contributed by atoms with Crippen LogP contribution in [0.25, 0.3) is 16.9 Å². The van der Waals surface area contributed by atoms with E-state index in [0.29, 0.717) is 11.4 Å². The fourth-order valence-corrected chi connectivity index (χ4v) is 4.83. The third-order valence-electron chi connectivity index (χ3n) is 5.22. The average Bonchev–Trinajstić information content (AvgIpc) is 3.31. The van der Waals surface area contributed by atoms with Gasteiger partial charge in [-0.05, 0) is 55.1 Å². The lowest BCUT2D eigenvalue weighted by Gasteiger charge is -2.15. The number of aromatic nitrogens is 2. The molecular formula is C23H26N4O6S3. The minimum Gasteiger partial charge on any atom is -0.467 e. The summed E-state index contributed by atoms with van der Waals surface area (Å²) in [4.78, 5) is 26.2. The fraction of sp³-hybridized carbons (Fsp3) is 0.261. The largest absolute Gasteiger partial charge is 0.467 e. The third-order valence-corrected chi connectivity index (χ3v) is 7.71. The number of nitrogens with two attached hydrogens (primary N) is 1. The van der Waals surface area contributed by atoms with Crippen molar-refractivity contribution in [3.8, 4) is 16.9 Å². The van der Waals surface area contributed by atoms with Crippen LogP contribution < -0.4 is 10.5 Å². The van der Waals surface area contributed by atoms with Gasteiger partial charge in [-0.2, -0.15) is 5.10 Å². The SMILES string of the molecule is COC(=O)C(CCS(C)=O)NC(=O)c1cc(-c2ccc(SC)cc2)n(-c2ccc(S(N)(=O)=O)cc2)n1. The Labute approximate surface area is 216 Å². The summed E-state index contributed by atoms with van der Waals surface area (Å²) >= 11 is 1.58. The maximum Gasteiger partial charge on any atom is 0.328 e. The van der Waals surface area contributed by atoms with E-state index in [1.807, 2.05) is 30.5 Å². The van der Waals surface area contributed by atoms with Gasteiger partial charge in [0.2, 0.25) is 10.0 Å². The topological polar surface area (TPSA) is 150 Å². The summed E-state index contributed by atoms with van der Waals surface area (Å²) < 4.78 is 41.1. The number of amides is 1. The predicted octanol–water partition coefficient (Wildman–Crippen LogP) is 1.95. The summed E-state index contributed by atoms with van der Waals surface area (Å²) in [5, 5.41) is 12.2. The van der Waals surface area contributed by atoms with Crippen LogP contribution in [0.2, 0.25) is 0 Å². The van der Waals surface area contributed by atoms with Crippen molar-refractivity contribution in [1.29, 1.82) is 0 Å². The number of nitrogens with zero attached hydrogens (tertiary/aromatic N) is 2. The molecule has 0 bridgehead atoms. The number of hydrogen-bond acceptors (Lipinski definition) is 8. The maximum atomic E-state index is 13.1. The molecular weight excluding hydrogens is 524 g/mol. The molecule has 0 aliphatic rings. The second kappa shape index (κ2) is 11.8. The summed E-state index contributed by atoms with van der Waals surface area (Å²) in [7, 11) is -3.83. The van der Waals surface area contributed by atoms with Gasteiger partial charge in [0.1, 0.15) is 6.04 Å². The van der Waals surface area contributed by atoms with Crippen molar-refractivity contribution in [3.05, 3.63) is 60.3 Å². The highest BCUT2D eigenvalue weighted by Gasteiger charge is 2.25. The number of carbonyl (C=O) groups excluding carboxylic acids is 2. The van der Waals surface area contributed by atoms with E-state index in [4.69, 9.17) is 9.88 Å². The number of hydrogen-bond donors (Lipinski definition) is 2. The van der Waals surface area contributed by atoms with E-state index >= 15 is 0 Å². The molecule has 1 aromatic heterocycles. The Hall–Kier alpha value is -3.00. The molecule has 0 spiro atoms. The van der Waals surface area contributed by atoms with Gasteiger partial charge < -0.3 is 10.1 Å². The molecule has 1 heterocycles. The van der Waals surface area contributed by atoms with Crippen molar-refractivity contribution < 1.29 is 27.0 Å². The molecule has 1 amide bonds. The molecule has 2 aromatic carbocycles. The first-order valence-electron chi connectivity index (χ1n) is 10.6. The van der Waals surface area contributed by atoms with Crippen molar-refractivity contribution in [2.45, 2.75) is 22.3 Å². The van der Waals surface area contributed by atoms with Crippen LogP contribution in [0.4, 0.5) is 0 Å². The zero-order valence-electron chi connectivity index (χ0n) is 19.8. The number of nitrogens with one attached hydrogen (secondary N) is 1. The smallest absolute Gasteiger partial charge is 0.328 e. The molecule has 192 valence electrons. The Morgan fingerprint density at radius 3 is 2.33 bits per heavy atom. The first-order chi connectivity index (χ1) is 17.0. The Morgan fingerprint density at radius 1 is 1.17 bits per heavy atom. The van der Waals surface area contributed by atoms with Crippen LogP contribution >= 0.6 is 11.8 Å². The van der Waals surface area contributed by atoms with Gasteiger partial charge in [-0.1, -0.05) is 12.1 Å². The Kier molecular flexibility index (Phi) is 9.06. The maximum absolute atomic E-state index is 13.1. The minimum atomic E-state index is -3.88. The quantitative estimate of drug-likeness (QED) is 0.287. The van der Waals surface area contributed by atoms with E-state index in [1.165, 1.54) is 42.3 Å². The summed E-state index contributed by atoms with van der Waals surface area (Å²) in [6, 6.07) is 14.0. The molecule has 36 heavy (non-hydrogen) atoms. The van der Waals surface area contributed by atoms with Crippen LogP contribution in [0, 0.1) is 0 Å². The lowest BCUT2D eigenvalue weighted by molar-refractivity contribution is -0.142. The molecule has 0 saturated carbocycles. The molecule has 0 fully saturated rings. The molecule has 0 aliphatic carbocycles. The number of primary sulfonamides is 1. The molecule has 0 aliphatic heterocycles. The van der Waals surface area contributed by atoms with E-state index in [1.54, 1.807) is 17.8 Å². The highest BCUT2D eigenvalue weighted by atomic mass is 32.2. The van der Waals surface area contributed by atoms with Crippen LogP contribution in [-0.4, -0.2) is 65.7 Å². The van der Waals surface area contributed by atoms with Crippen molar-refractivity contribution >= 4 is 44.5 Å². The van der Waals surface area contributed by atoms with Gasteiger partial charge in [0.05, 0.1) is 23.4 Å². The third kappa shape index (κ3) is 6.81. The first-order valence-corrected chi connectivity index (χ1v) is 15.1. The normalized spacial score (nSPS) is 13.1. The number of esters is 1. The Morgan fingerprint density at radius 2 is 1.81 bits per heavy atom. The molecule has 13 heteroatoms. The second-order valence-corrected chi connectivity index (χ2v) is 11.7. The van der Waals surface area contributed by atoms with Gasteiger partial charge in [-0.25, -0.2) is 23.0 Å². The zero-order chi connectivity index (χ0) is 26.5. The number of rotatable bonds is 10. The molecule has 0 radical (unpaired) electrons. The Balaban J connectivity index is 2.02.